The van der Waals surface area contributed by atoms with Crippen molar-refractivity contribution in [3.05, 3.63) is 194 Å². The summed E-state index contributed by atoms with van der Waals surface area (Å²) < 4.78 is 11.6. The van der Waals surface area contributed by atoms with E-state index in [0.717, 1.165) is 50.3 Å². The van der Waals surface area contributed by atoms with Crippen molar-refractivity contribution >= 4 is 103 Å². The fourth-order valence-electron chi connectivity index (χ4n) is 8.81. The lowest BCUT2D eigenvalue weighted by atomic mass is 10.0. The maximum absolute atomic E-state index is 6.63. The molecule has 0 amide bonds. The highest BCUT2D eigenvalue weighted by Gasteiger charge is 2.21. The average Bonchev–Trinajstić information content (AvgIpc) is 3.94. The van der Waals surface area contributed by atoms with E-state index >= 15 is 0 Å². The van der Waals surface area contributed by atoms with Crippen molar-refractivity contribution in [1.29, 1.82) is 0 Å². The van der Waals surface area contributed by atoms with E-state index in [4.69, 9.17) is 4.42 Å². The Balaban J connectivity index is 1.03. The highest BCUT2D eigenvalue weighted by atomic mass is 32.1. The van der Waals surface area contributed by atoms with Crippen LogP contribution in [0.2, 0.25) is 0 Å². The molecule has 0 fully saturated rings. The highest BCUT2D eigenvalue weighted by Crippen LogP contribution is 2.45. The van der Waals surface area contributed by atoms with Crippen molar-refractivity contribution < 1.29 is 4.42 Å². The SMILES string of the molecule is c1ccc(-n2c3cc(-c4ccc(N(c5ccc6c(c5)sc5ccccc56)c5cccc6c5oc5ccccc56)cc4)ccc3c3c4ccccc4ccc32)cc1. The standard InChI is InChI=1S/C52H32N2OS/c1-2-12-36(13-3-1)54-45-30-24-34-11-4-5-14-39(34)51(45)44-28-23-35(31-47(44)54)33-21-25-37(26-22-33)53(38-27-29-42-41-16-7-9-20-49(41)56-50(42)32-38)46-18-10-17-43-40-15-6-8-19-48(40)55-52(43)46/h1-32H. The van der Waals surface area contributed by atoms with Gasteiger partial charge in [0.25, 0.3) is 0 Å². The van der Waals surface area contributed by atoms with Crippen LogP contribution in [0.15, 0.2) is 199 Å². The number of hydrogen-bond donors (Lipinski definition) is 0. The number of hydrogen-bond acceptors (Lipinski definition) is 3. The van der Waals surface area contributed by atoms with E-state index in [0.29, 0.717) is 0 Å². The predicted octanol–water partition coefficient (Wildman–Crippen LogP) is 15.3. The Labute approximate surface area is 326 Å². The van der Waals surface area contributed by atoms with Crippen LogP contribution in [0.1, 0.15) is 0 Å². The van der Waals surface area contributed by atoms with Crippen LogP contribution in [0, 0.1) is 0 Å². The number of fused-ring (bicyclic) bond motifs is 11. The molecule has 0 radical (unpaired) electrons. The molecular formula is C52H32N2OS. The van der Waals surface area contributed by atoms with Gasteiger partial charge in [0.2, 0.25) is 0 Å². The van der Waals surface area contributed by atoms with Gasteiger partial charge >= 0.3 is 0 Å². The van der Waals surface area contributed by atoms with Gasteiger partial charge in [-0.2, -0.15) is 0 Å². The zero-order valence-corrected chi connectivity index (χ0v) is 31.0. The highest BCUT2D eigenvalue weighted by molar-refractivity contribution is 7.25. The second-order valence-electron chi connectivity index (χ2n) is 14.5. The third kappa shape index (κ3) is 4.70. The van der Waals surface area contributed by atoms with Crippen LogP contribution in [0.4, 0.5) is 17.1 Å². The predicted molar refractivity (Wildman–Crippen MR) is 239 cm³/mol. The molecular weight excluding hydrogens is 701 g/mol. The maximum atomic E-state index is 6.63. The summed E-state index contributed by atoms with van der Waals surface area (Å²) in [4.78, 5) is 2.35. The van der Waals surface area contributed by atoms with Crippen LogP contribution in [-0.4, -0.2) is 4.57 Å². The number of thiophene rings is 1. The monoisotopic (exact) mass is 732 g/mol. The minimum Gasteiger partial charge on any atom is -0.454 e. The van der Waals surface area contributed by atoms with Crippen LogP contribution in [0.3, 0.4) is 0 Å². The Hall–Kier alpha value is -7.14. The Kier molecular flexibility index (Phi) is 6.80. The summed E-state index contributed by atoms with van der Waals surface area (Å²) in [6.45, 7) is 0. The molecule has 4 heteroatoms. The van der Waals surface area contributed by atoms with E-state index in [1.807, 2.05) is 17.4 Å². The van der Waals surface area contributed by atoms with E-state index in [1.54, 1.807) is 0 Å². The molecule has 3 nitrogen and oxygen atoms in total. The molecule has 0 aliphatic carbocycles. The van der Waals surface area contributed by atoms with E-state index in [1.165, 1.54) is 58.3 Å². The van der Waals surface area contributed by atoms with Gasteiger partial charge in [-0.15, -0.1) is 11.3 Å². The molecule has 0 aliphatic rings. The van der Waals surface area contributed by atoms with Gasteiger partial charge in [-0.3, -0.25) is 0 Å². The summed E-state index contributed by atoms with van der Waals surface area (Å²) in [5.74, 6) is 0. The Morgan fingerprint density at radius 1 is 0.429 bits per heavy atom. The van der Waals surface area contributed by atoms with Gasteiger partial charge in [-0.05, 0) is 88.6 Å². The van der Waals surface area contributed by atoms with Crippen molar-refractivity contribution in [2.75, 3.05) is 4.90 Å². The number of benzene rings is 9. The van der Waals surface area contributed by atoms with E-state index in [9.17, 15) is 0 Å². The fourth-order valence-corrected chi connectivity index (χ4v) is 9.95. The number of anilines is 3. The molecule has 0 saturated heterocycles. The minimum atomic E-state index is 0.876. The second-order valence-corrected chi connectivity index (χ2v) is 15.6. The molecule has 0 saturated carbocycles. The summed E-state index contributed by atoms with van der Waals surface area (Å²) in [7, 11) is 0. The zero-order valence-electron chi connectivity index (χ0n) is 30.2. The first-order valence-electron chi connectivity index (χ1n) is 19.0. The summed E-state index contributed by atoms with van der Waals surface area (Å²) in [5, 5.41) is 9.87. The second kappa shape index (κ2) is 12.2. The summed E-state index contributed by atoms with van der Waals surface area (Å²) in [6, 6.07) is 70.2. The maximum Gasteiger partial charge on any atom is 0.159 e. The van der Waals surface area contributed by atoms with E-state index in [-0.39, 0.29) is 0 Å². The van der Waals surface area contributed by atoms with Crippen molar-refractivity contribution in [3.8, 4) is 16.8 Å². The lowest BCUT2D eigenvalue weighted by Crippen LogP contribution is -2.10. The Morgan fingerprint density at radius 3 is 2.02 bits per heavy atom. The molecule has 0 atom stereocenters. The first-order chi connectivity index (χ1) is 27.8. The smallest absolute Gasteiger partial charge is 0.159 e. The van der Waals surface area contributed by atoms with Gasteiger partial charge in [0.15, 0.2) is 5.58 Å². The third-order valence-electron chi connectivity index (χ3n) is 11.4. The first kappa shape index (κ1) is 31.2. The molecule has 262 valence electrons. The molecule has 9 aromatic carbocycles. The Bertz CT molecular complexity index is 3480. The number of furan rings is 1. The van der Waals surface area contributed by atoms with E-state index < -0.39 is 0 Å². The summed E-state index contributed by atoms with van der Waals surface area (Å²) >= 11 is 1.84. The van der Waals surface area contributed by atoms with Crippen molar-refractivity contribution in [3.63, 3.8) is 0 Å². The molecule has 0 bridgehead atoms. The number of nitrogens with zero attached hydrogens (tertiary/aromatic N) is 2. The van der Waals surface area contributed by atoms with Crippen LogP contribution in [0.5, 0.6) is 0 Å². The molecule has 12 rings (SSSR count). The molecule has 3 aromatic heterocycles. The van der Waals surface area contributed by atoms with Crippen LogP contribution < -0.4 is 4.90 Å². The van der Waals surface area contributed by atoms with Gasteiger partial charge in [-0.25, -0.2) is 0 Å². The molecule has 12 aromatic rings. The zero-order chi connectivity index (χ0) is 36.7. The quantitative estimate of drug-likeness (QED) is 0.176. The van der Waals surface area contributed by atoms with Crippen LogP contribution in [-0.2, 0) is 0 Å². The van der Waals surface area contributed by atoms with Gasteiger partial charge in [-0.1, -0.05) is 127 Å². The van der Waals surface area contributed by atoms with Gasteiger partial charge in [0.1, 0.15) is 5.58 Å². The molecule has 0 spiro atoms. The van der Waals surface area contributed by atoms with Crippen LogP contribution >= 0.6 is 11.3 Å². The van der Waals surface area contributed by atoms with Gasteiger partial charge in [0, 0.05) is 58.8 Å². The molecule has 0 unspecified atom stereocenters. The third-order valence-corrected chi connectivity index (χ3v) is 12.5. The minimum absolute atomic E-state index is 0.876. The fraction of sp³-hybridized carbons (Fsp3) is 0. The van der Waals surface area contributed by atoms with E-state index in [2.05, 4.69) is 198 Å². The Morgan fingerprint density at radius 2 is 1.12 bits per heavy atom. The number of aromatic nitrogens is 1. The lowest BCUT2D eigenvalue weighted by molar-refractivity contribution is 0.669. The van der Waals surface area contributed by atoms with Gasteiger partial charge < -0.3 is 13.9 Å². The average molecular weight is 733 g/mol. The number of para-hydroxylation sites is 3. The lowest BCUT2D eigenvalue weighted by Gasteiger charge is -2.26. The van der Waals surface area contributed by atoms with Crippen molar-refractivity contribution in [2.24, 2.45) is 0 Å². The van der Waals surface area contributed by atoms with Crippen LogP contribution in [0.25, 0.3) is 91.5 Å². The first-order valence-corrected chi connectivity index (χ1v) is 19.8. The molecule has 0 aliphatic heterocycles. The van der Waals surface area contributed by atoms with Crippen molar-refractivity contribution in [2.45, 2.75) is 0 Å². The topological polar surface area (TPSA) is 21.3 Å². The normalized spacial score (nSPS) is 11.9. The largest absolute Gasteiger partial charge is 0.454 e. The molecule has 3 heterocycles. The summed E-state index contributed by atoms with van der Waals surface area (Å²) in [5.41, 5.74) is 10.8. The molecule has 0 N–H and O–H groups in total. The van der Waals surface area contributed by atoms with Gasteiger partial charge in [0.05, 0.1) is 16.7 Å². The number of rotatable bonds is 5. The summed E-state index contributed by atoms with van der Waals surface area (Å²) in [6.07, 6.45) is 0. The van der Waals surface area contributed by atoms with Crippen molar-refractivity contribution in [1.82, 2.24) is 4.57 Å². The molecule has 56 heavy (non-hydrogen) atoms.